The number of ether oxygens (including phenoxy) is 2. The zero-order chi connectivity index (χ0) is 19.1. The molecule has 0 bridgehead atoms. The Morgan fingerprint density at radius 1 is 1.19 bits per heavy atom. The van der Waals surface area contributed by atoms with Crippen molar-refractivity contribution in [1.29, 1.82) is 0 Å². The molecule has 0 saturated heterocycles. The molecule has 1 aromatic heterocycles. The van der Waals surface area contributed by atoms with Gasteiger partial charge >= 0.3 is 0 Å². The molecule has 2 rings (SSSR count). The van der Waals surface area contributed by atoms with E-state index in [1.807, 2.05) is 26.8 Å². The monoisotopic (exact) mass is 424 g/mol. The summed E-state index contributed by atoms with van der Waals surface area (Å²) in [4.78, 5) is 24.0. The first-order valence-corrected chi connectivity index (χ1v) is 8.90. The highest BCUT2D eigenvalue weighted by Gasteiger charge is 2.19. The molecule has 140 valence electrons. The van der Waals surface area contributed by atoms with Crippen molar-refractivity contribution in [3.63, 3.8) is 0 Å². The summed E-state index contributed by atoms with van der Waals surface area (Å²) in [6.07, 6.45) is 0. The summed E-state index contributed by atoms with van der Waals surface area (Å²) in [5.41, 5.74) is 5.56. The molecule has 0 fully saturated rings. The van der Waals surface area contributed by atoms with Gasteiger partial charge in [-0.1, -0.05) is 26.0 Å². The van der Waals surface area contributed by atoms with Crippen molar-refractivity contribution in [2.45, 2.75) is 26.7 Å². The molecule has 0 saturated carbocycles. The minimum absolute atomic E-state index is 0.164. The summed E-state index contributed by atoms with van der Waals surface area (Å²) in [7, 11) is 0. The first-order chi connectivity index (χ1) is 12.4. The number of aromatic amines is 1. The lowest BCUT2D eigenvalue weighted by molar-refractivity contribution is -0.123. The van der Waals surface area contributed by atoms with Gasteiger partial charge in [-0.3, -0.25) is 25.5 Å². The number of carbonyl (C=O) groups excluding carboxylic acids is 2. The third kappa shape index (κ3) is 4.98. The molecule has 9 heteroatoms. The van der Waals surface area contributed by atoms with Crippen molar-refractivity contribution in [2.75, 3.05) is 13.2 Å². The summed E-state index contributed by atoms with van der Waals surface area (Å²) in [6.45, 7) is 6.01. The number of hydrogen-bond acceptors (Lipinski definition) is 5. The van der Waals surface area contributed by atoms with Crippen LogP contribution in [0.2, 0.25) is 0 Å². The van der Waals surface area contributed by atoms with Crippen molar-refractivity contribution < 1.29 is 19.1 Å². The molecular weight excluding hydrogens is 404 g/mol. The lowest BCUT2D eigenvalue weighted by atomic mass is 10.1. The lowest BCUT2D eigenvalue weighted by Gasteiger charge is -2.11. The Morgan fingerprint density at radius 2 is 1.85 bits per heavy atom. The highest BCUT2D eigenvalue weighted by molar-refractivity contribution is 9.10. The molecule has 3 N–H and O–H groups in total. The second-order valence-electron chi connectivity index (χ2n) is 5.63. The fraction of sp³-hybridized carbons (Fsp3) is 0.353. The molecule has 0 spiro atoms. The highest BCUT2D eigenvalue weighted by atomic mass is 79.9. The van der Waals surface area contributed by atoms with Gasteiger partial charge in [-0.25, -0.2) is 0 Å². The number of aromatic nitrogens is 2. The van der Waals surface area contributed by atoms with Crippen LogP contribution in [-0.4, -0.2) is 35.2 Å². The third-order valence-electron chi connectivity index (χ3n) is 3.35. The van der Waals surface area contributed by atoms with E-state index in [9.17, 15) is 9.59 Å². The van der Waals surface area contributed by atoms with Gasteiger partial charge in [0.1, 0.15) is 0 Å². The molecule has 2 aromatic rings. The van der Waals surface area contributed by atoms with Crippen LogP contribution in [0.5, 0.6) is 11.5 Å². The van der Waals surface area contributed by atoms with E-state index in [2.05, 4.69) is 37.0 Å². The molecule has 1 aromatic carbocycles. The predicted molar refractivity (Wildman–Crippen MR) is 99.1 cm³/mol. The number of rotatable bonds is 7. The van der Waals surface area contributed by atoms with Gasteiger partial charge in [-0.15, -0.1) is 0 Å². The zero-order valence-corrected chi connectivity index (χ0v) is 16.3. The van der Waals surface area contributed by atoms with Crippen LogP contribution >= 0.6 is 15.9 Å². The molecule has 26 heavy (non-hydrogen) atoms. The number of benzene rings is 1. The Balaban J connectivity index is 1.86. The van der Waals surface area contributed by atoms with Crippen LogP contribution < -0.4 is 20.3 Å². The van der Waals surface area contributed by atoms with Gasteiger partial charge in [0.25, 0.3) is 11.8 Å². The number of nitrogens with zero attached hydrogens (tertiary/aromatic N) is 1. The maximum Gasteiger partial charge on any atom is 0.291 e. The van der Waals surface area contributed by atoms with Crippen molar-refractivity contribution in [3.8, 4) is 11.5 Å². The quantitative estimate of drug-likeness (QED) is 0.592. The predicted octanol–water partition coefficient (Wildman–Crippen LogP) is 2.53. The van der Waals surface area contributed by atoms with Crippen LogP contribution in [0.15, 0.2) is 28.7 Å². The van der Waals surface area contributed by atoms with Gasteiger partial charge in [0.15, 0.2) is 23.8 Å². The number of para-hydroxylation sites is 2. The van der Waals surface area contributed by atoms with Gasteiger partial charge in [0, 0.05) is 0 Å². The number of hydrazine groups is 1. The van der Waals surface area contributed by atoms with Gasteiger partial charge in [0.2, 0.25) is 0 Å². The normalized spacial score (nSPS) is 10.5. The summed E-state index contributed by atoms with van der Waals surface area (Å²) in [6, 6.07) is 7.04. The summed E-state index contributed by atoms with van der Waals surface area (Å²) >= 11 is 3.34. The largest absolute Gasteiger partial charge is 0.490 e. The Bertz CT molecular complexity index is 776. The molecular formula is C17H21BrN4O4. The molecule has 0 radical (unpaired) electrons. The summed E-state index contributed by atoms with van der Waals surface area (Å²) in [5, 5.41) is 6.76. The first-order valence-electron chi connectivity index (χ1n) is 8.11. The smallest absolute Gasteiger partial charge is 0.291 e. The van der Waals surface area contributed by atoms with E-state index in [1.165, 1.54) is 0 Å². The van der Waals surface area contributed by atoms with Crippen molar-refractivity contribution >= 4 is 27.7 Å². The second-order valence-corrected chi connectivity index (χ2v) is 6.42. The van der Waals surface area contributed by atoms with Gasteiger partial charge in [-0.2, -0.15) is 5.10 Å². The maximum absolute atomic E-state index is 12.1. The molecule has 0 unspecified atom stereocenters. The van der Waals surface area contributed by atoms with Gasteiger partial charge in [-0.05, 0) is 40.9 Å². The molecule has 0 aliphatic rings. The topological polar surface area (TPSA) is 105 Å². The first kappa shape index (κ1) is 19.8. The van der Waals surface area contributed by atoms with Crippen LogP contribution in [-0.2, 0) is 4.79 Å². The Kier molecular flexibility index (Phi) is 7.02. The SMILES string of the molecule is CCOc1ccccc1OCC(=O)NNC(=O)c1n[nH]c(C(C)C)c1Br. The number of nitrogens with one attached hydrogen (secondary N) is 3. The summed E-state index contributed by atoms with van der Waals surface area (Å²) < 4.78 is 11.4. The van der Waals surface area contributed by atoms with E-state index in [4.69, 9.17) is 9.47 Å². The van der Waals surface area contributed by atoms with E-state index >= 15 is 0 Å². The Morgan fingerprint density at radius 3 is 2.42 bits per heavy atom. The number of H-pyrrole nitrogens is 1. The minimum atomic E-state index is -0.539. The lowest BCUT2D eigenvalue weighted by Crippen LogP contribution is -2.44. The van der Waals surface area contributed by atoms with E-state index in [0.29, 0.717) is 22.6 Å². The van der Waals surface area contributed by atoms with Crippen LogP contribution in [0.3, 0.4) is 0 Å². The Hall–Kier alpha value is -2.55. The van der Waals surface area contributed by atoms with Crippen LogP contribution in [0.25, 0.3) is 0 Å². The third-order valence-corrected chi connectivity index (χ3v) is 4.15. The van der Waals surface area contributed by atoms with E-state index in [0.717, 1.165) is 5.69 Å². The number of hydrogen-bond donors (Lipinski definition) is 3. The average Bonchev–Trinajstić information content (AvgIpc) is 3.01. The van der Waals surface area contributed by atoms with Crippen LogP contribution in [0.1, 0.15) is 42.9 Å². The van der Waals surface area contributed by atoms with E-state index in [1.54, 1.807) is 18.2 Å². The second kappa shape index (κ2) is 9.23. The zero-order valence-electron chi connectivity index (χ0n) is 14.8. The van der Waals surface area contributed by atoms with Gasteiger partial charge in [0.05, 0.1) is 16.8 Å². The van der Waals surface area contributed by atoms with Crippen molar-refractivity contribution in [1.82, 2.24) is 21.0 Å². The van der Waals surface area contributed by atoms with Crippen molar-refractivity contribution in [2.24, 2.45) is 0 Å². The Labute approximate surface area is 159 Å². The van der Waals surface area contributed by atoms with Gasteiger partial charge < -0.3 is 9.47 Å². The number of halogens is 1. The average molecular weight is 425 g/mol. The fourth-order valence-electron chi connectivity index (χ4n) is 2.08. The van der Waals surface area contributed by atoms with Crippen LogP contribution in [0.4, 0.5) is 0 Å². The number of carbonyl (C=O) groups is 2. The molecule has 8 nitrogen and oxygen atoms in total. The van der Waals surface area contributed by atoms with E-state index in [-0.39, 0.29) is 18.2 Å². The van der Waals surface area contributed by atoms with E-state index < -0.39 is 11.8 Å². The standard InChI is InChI=1S/C17H21BrN4O4/c1-4-25-11-7-5-6-8-12(11)26-9-13(23)19-22-17(24)16-14(18)15(10(2)3)20-21-16/h5-8,10H,4,9H2,1-3H3,(H,19,23)(H,20,21)(H,22,24). The van der Waals surface area contributed by atoms with Crippen LogP contribution in [0, 0.1) is 0 Å². The number of amides is 2. The minimum Gasteiger partial charge on any atom is -0.490 e. The fourth-order valence-corrected chi connectivity index (χ4v) is 2.90. The highest BCUT2D eigenvalue weighted by Crippen LogP contribution is 2.26. The maximum atomic E-state index is 12.1. The molecule has 0 atom stereocenters. The molecule has 2 amide bonds. The molecule has 1 heterocycles. The molecule has 0 aliphatic carbocycles. The van der Waals surface area contributed by atoms with Crippen molar-refractivity contribution in [3.05, 3.63) is 40.1 Å². The summed E-state index contributed by atoms with van der Waals surface area (Å²) in [5.74, 6) is 0.122. The molecule has 0 aliphatic heterocycles.